The summed E-state index contributed by atoms with van der Waals surface area (Å²) < 4.78 is 11.2. The number of hydrogen-bond donors (Lipinski definition) is 1. The third kappa shape index (κ3) is 4.44. The van der Waals surface area contributed by atoms with Crippen LogP contribution in [0.15, 0.2) is 47.6 Å². The Morgan fingerprint density at radius 2 is 1.70 bits per heavy atom. The van der Waals surface area contributed by atoms with Gasteiger partial charge in [0.1, 0.15) is 11.5 Å². The molecule has 0 aliphatic rings. The number of carbonyl (C=O) groups is 1. The molecule has 0 fully saturated rings. The molecule has 6 heteroatoms. The SMILES string of the molecule is COc1ccc(/C(C)=N\NC(=O)c2ccc(OC)c(I)c2)cc1. The Morgan fingerprint density at radius 3 is 2.26 bits per heavy atom. The second-order valence-corrected chi connectivity index (χ2v) is 5.88. The van der Waals surface area contributed by atoms with E-state index in [1.165, 1.54) is 0 Å². The van der Waals surface area contributed by atoms with Gasteiger partial charge in [-0.05, 0) is 77.5 Å². The number of carbonyl (C=O) groups excluding carboxylic acids is 1. The molecular formula is C17H17IN2O3. The molecule has 0 heterocycles. The van der Waals surface area contributed by atoms with Crippen molar-refractivity contribution in [2.24, 2.45) is 5.10 Å². The molecule has 0 unspecified atom stereocenters. The maximum absolute atomic E-state index is 12.2. The third-order valence-corrected chi connectivity index (χ3v) is 4.09. The van der Waals surface area contributed by atoms with Crippen molar-refractivity contribution in [1.29, 1.82) is 0 Å². The van der Waals surface area contributed by atoms with Crippen LogP contribution in [-0.4, -0.2) is 25.8 Å². The van der Waals surface area contributed by atoms with Gasteiger partial charge in [-0.15, -0.1) is 0 Å². The lowest BCUT2D eigenvalue weighted by atomic mass is 10.1. The summed E-state index contributed by atoms with van der Waals surface area (Å²) in [5.41, 5.74) is 4.72. The molecule has 0 aliphatic heterocycles. The van der Waals surface area contributed by atoms with Crippen molar-refractivity contribution in [2.45, 2.75) is 6.92 Å². The summed E-state index contributed by atoms with van der Waals surface area (Å²) in [4.78, 5) is 12.2. The molecule has 0 spiro atoms. The number of benzene rings is 2. The molecule has 0 aromatic heterocycles. The van der Waals surface area contributed by atoms with E-state index < -0.39 is 0 Å². The molecule has 120 valence electrons. The fourth-order valence-corrected chi connectivity index (χ4v) is 2.64. The van der Waals surface area contributed by atoms with Gasteiger partial charge in [0, 0.05) is 5.56 Å². The van der Waals surface area contributed by atoms with Crippen LogP contribution in [0, 0.1) is 3.57 Å². The summed E-state index contributed by atoms with van der Waals surface area (Å²) in [6, 6.07) is 12.7. The summed E-state index contributed by atoms with van der Waals surface area (Å²) in [5, 5.41) is 4.14. The Bertz CT molecular complexity index is 727. The first-order valence-corrected chi connectivity index (χ1v) is 7.95. The summed E-state index contributed by atoms with van der Waals surface area (Å²) in [5.74, 6) is 1.25. The Kier molecular flexibility index (Phi) is 5.97. The topological polar surface area (TPSA) is 59.9 Å². The number of hydrogen-bond acceptors (Lipinski definition) is 4. The number of nitrogens with zero attached hydrogens (tertiary/aromatic N) is 1. The molecule has 2 aromatic carbocycles. The molecule has 23 heavy (non-hydrogen) atoms. The van der Waals surface area contributed by atoms with E-state index in [2.05, 4.69) is 33.1 Å². The highest BCUT2D eigenvalue weighted by Gasteiger charge is 2.08. The van der Waals surface area contributed by atoms with Crippen LogP contribution in [0.5, 0.6) is 11.5 Å². The van der Waals surface area contributed by atoms with Crippen molar-refractivity contribution in [3.8, 4) is 11.5 Å². The van der Waals surface area contributed by atoms with Gasteiger partial charge >= 0.3 is 0 Å². The van der Waals surface area contributed by atoms with Crippen LogP contribution in [0.25, 0.3) is 0 Å². The molecule has 1 N–H and O–H groups in total. The standard InChI is InChI=1S/C17H17IN2O3/c1-11(12-4-7-14(22-2)8-5-12)19-20-17(21)13-6-9-16(23-3)15(18)10-13/h4-10H,1-3H3,(H,20,21)/b19-11-. The van der Waals surface area contributed by atoms with Gasteiger partial charge in [-0.1, -0.05) is 0 Å². The number of rotatable bonds is 5. The molecule has 0 radical (unpaired) electrons. The Balaban J connectivity index is 2.08. The third-order valence-electron chi connectivity index (χ3n) is 3.25. The number of nitrogens with one attached hydrogen (secondary N) is 1. The average Bonchev–Trinajstić information content (AvgIpc) is 2.59. The lowest BCUT2D eigenvalue weighted by molar-refractivity contribution is 0.0954. The summed E-state index contributed by atoms with van der Waals surface area (Å²) in [6.45, 7) is 1.83. The average molecular weight is 424 g/mol. The molecule has 0 aliphatic carbocycles. The van der Waals surface area contributed by atoms with Gasteiger partial charge in [0.25, 0.3) is 5.91 Å². The zero-order chi connectivity index (χ0) is 16.8. The molecule has 0 saturated carbocycles. The van der Waals surface area contributed by atoms with E-state index in [9.17, 15) is 4.79 Å². The molecule has 5 nitrogen and oxygen atoms in total. The number of amides is 1. The number of ether oxygens (including phenoxy) is 2. The monoisotopic (exact) mass is 424 g/mol. The Morgan fingerprint density at radius 1 is 1.04 bits per heavy atom. The van der Waals surface area contributed by atoms with E-state index >= 15 is 0 Å². The molecular weight excluding hydrogens is 407 g/mol. The van der Waals surface area contributed by atoms with Crippen molar-refractivity contribution in [1.82, 2.24) is 5.43 Å². The van der Waals surface area contributed by atoms with Crippen molar-refractivity contribution < 1.29 is 14.3 Å². The van der Waals surface area contributed by atoms with Gasteiger partial charge in [-0.25, -0.2) is 5.43 Å². The van der Waals surface area contributed by atoms with Crippen molar-refractivity contribution in [3.05, 3.63) is 57.2 Å². The summed E-state index contributed by atoms with van der Waals surface area (Å²) >= 11 is 2.12. The van der Waals surface area contributed by atoms with Crippen LogP contribution in [0.3, 0.4) is 0 Å². The van der Waals surface area contributed by atoms with Crippen LogP contribution < -0.4 is 14.9 Å². The minimum atomic E-state index is -0.265. The van der Waals surface area contributed by atoms with Crippen molar-refractivity contribution in [3.63, 3.8) is 0 Å². The molecule has 1 amide bonds. The fraction of sp³-hybridized carbons (Fsp3) is 0.176. The van der Waals surface area contributed by atoms with Gasteiger partial charge in [0.15, 0.2) is 0 Å². The zero-order valence-electron chi connectivity index (χ0n) is 13.1. The summed E-state index contributed by atoms with van der Waals surface area (Å²) in [6.07, 6.45) is 0. The van der Waals surface area contributed by atoms with E-state index in [0.717, 1.165) is 20.6 Å². The van der Waals surface area contributed by atoms with Crippen LogP contribution in [0.1, 0.15) is 22.8 Å². The molecule has 2 rings (SSSR count). The second kappa shape index (κ2) is 7.96. The predicted octanol–water partition coefficient (Wildman–Crippen LogP) is 3.46. The zero-order valence-corrected chi connectivity index (χ0v) is 15.2. The van der Waals surface area contributed by atoms with E-state index in [-0.39, 0.29) is 5.91 Å². The lowest BCUT2D eigenvalue weighted by Crippen LogP contribution is -2.19. The molecule has 2 aromatic rings. The normalized spacial score (nSPS) is 11.0. The first-order chi connectivity index (χ1) is 11.0. The van der Waals surface area contributed by atoms with Gasteiger partial charge in [-0.2, -0.15) is 5.10 Å². The van der Waals surface area contributed by atoms with Crippen molar-refractivity contribution >= 4 is 34.2 Å². The Labute approximate surface area is 148 Å². The highest BCUT2D eigenvalue weighted by atomic mass is 127. The molecule has 0 bridgehead atoms. The van der Waals surface area contributed by atoms with Crippen LogP contribution >= 0.6 is 22.6 Å². The van der Waals surface area contributed by atoms with Crippen LogP contribution in [-0.2, 0) is 0 Å². The Hall–Kier alpha value is -2.09. The largest absolute Gasteiger partial charge is 0.497 e. The van der Waals surface area contributed by atoms with Gasteiger partial charge in [-0.3, -0.25) is 4.79 Å². The smallest absolute Gasteiger partial charge is 0.271 e. The maximum Gasteiger partial charge on any atom is 0.271 e. The number of methoxy groups -OCH3 is 2. The number of hydrazone groups is 1. The van der Waals surface area contributed by atoms with Crippen LogP contribution in [0.2, 0.25) is 0 Å². The molecule has 0 saturated heterocycles. The number of halogens is 1. The highest BCUT2D eigenvalue weighted by Crippen LogP contribution is 2.21. The predicted molar refractivity (Wildman–Crippen MR) is 98.4 cm³/mol. The quantitative estimate of drug-likeness (QED) is 0.455. The van der Waals surface area contributed by atoms with Crippen LogP contribution in [0.4, 0.5) is 0 Å². The van der Waals surface area contributed by atoms with E-state index in [0.29, 0.717) is 11.3 Å². The van der Waals surface area contributed by atoms with Crippen molar-refractivity contribution in [2.75, 3.05) is 14.2 Å². The van der Waals surface area contributed by atoms with E-state index in [4.69, 9.17) is 9.47 Å². The highest BCUT2D eigenvalue weighted by molar-refractivity contribution is 14.1. The molecule has 0 atom stereocenters. The van der Waals surface area contributed by atoms with E-state index in [1.54, 1.807) is 32.4 Å². The van der Waals surface area contributed by atoms with Gasteiger partial charge in [0.2, 0.25) is 0 Å². The van der Waals surface area contributed by atoms with Gasteiger partial charge < -0.3 is 9.47 Å². The first-order valence-electron chi connectivity index (χ1n) is 6.87. The second-order valence-electron chi connectivity index (χ2n) is 4.72. The minimum absolute atomic E-state index is 0.265. The maximum atomic E-state index is 12.2. The lowest BCUT2D eigenvalue weighted by Gasteiger charge is -2.06. The minimum Gasteiger partial charge on any atom is -0.497 e. The summed E-state index contributed by atoms with van der Waals surface area (Å²) in [7, 11) is 3.21. The van der Waals surface area contributed by atoms with E-state index in [1.807, 2.05) is 31.2 Å². The first kappa shape index (κ1) is 17.3. The van der Waals surface area contributed by atoms with Gasteiger partial charge in [0.05, 0.1) is 23.5 Å². The fourth-order valence-electron chi connectivity index (χ4n) is 1.90.